The SMILES string of the molecule is CC(C)NC(=O)c1ccc(OCC2CCN(C(=O)C3(c4ccccc4)CC3)CC2)cc1. The molecule has 0 atom stereocenters. The summed E-state index contributed by atoms with van der Waals surface area (Å²) < 4.78 is 5.97. The molecule has 1 saturated heterocycles. The van der Waals surface area contributed by atoms with Crippen molar-refractivity contribution in [3.63, 3.8) is 0 Å². The first kappa shape index (κ1) is 21.4. The molecular weight excluding hydrogens is 388 g/mol. The minimum Gasteiger partial charge on any atom is -0.493 e. The Morgan fingerprint density at radius 2 is 1.68 bits per heavy atom. The van der Waals surface area contributed by atoms with Gasteiger partial charge in [0.1, 0.15) is 5.75 Å². The van der Waals surface area contributed by atoms with Crippen LogP contribution in [0.5, 0.6) is 5.75 Å². The smallest absolute Gasteiger partial charge is 0.251 e. The molecule has 0 radical (unpaired) electrons. The molecule has 1 aliphatic carbocycles. The number of rotatable bonds is 7. The Morgan fingerprint density at radius 3 is 2.26 bits per heavy atom. The van der Waals surface area contributed by atoms with Gasteiger partial charge in [-0.25, -0.2) is 0 Å². The van der Waals surface area contributed by atoms with Gasteiger partial charge in [-0.05, 0) is 75.3 Å². The minimum absolute atomic E-state index is 0.0671. The Balaban J connectivity index is 1.24. The van der Waals surface area contributed by atoms with Crippen molar-refractivity contribution in [2.24, 2.45) is 5.92 Å². The largest absolute Gasteiger partial charge is 0.493 e. The monoisotopic (exact) mass is 420 g/mol. The van der Waals surface area contributed by atoms with Crippen LogP contribution in [0.2, 0.25) is 0 Å². The van der Waals surface area contributed by atoms with E-state index < -0.39 is 0 Å². The van der Waals surface area contributed by atoms with Crippen molar-refractivity contribution in [1.82, 2.24) is 10.2 Å². The summed E-state index contributed by atoms with van der Waals surface area (Å²) in [6.45, 7) is 6.13. The van der Waals surface area contributed by atoms with Crippen LogP contribution in [0, 0.1) is 5.92 Å². The topological polar surface area (TPSA) is 58.6 Å². The molecule has 0 spiro atoms. The summed E-state index contributed by atoms with van der Waals surface area (Å²) >= 11 is 0. The predicted molar refractivity (Wildman–Crippen MR) is 121 cm³/mol. The number of carbonyl (C=O) groups excluding carboxylic acids is 2. The third-order valence-electron chi connectivity index (χ3n) is 6.41. The van der Waals surface area contributed by atoms with Crippen molar-refractivity contribution in [3.8, 4) is 5.75 Å². The van der Waals surface area contributed by atoms with Crippen LogP contribution in [0.4, 0.5) is 0 Å². The quantitative estimate of drug-likeness (QED) is 0.731. The van der Waals surface area contributed by atoms with Gasteiger partial charge in [0.05, 0.1) is 12.0 Å². The van der Waals surface area contributed by atoms with Crippen molar-refractivity contribution in [2.75, 3.05) is 19.7 Å². The molecule has 1 aliphatic heterocycles. The van der Waals surface area contributed by atoms with E-state index >= 15 is 0 Å². The lowest BCUT2D eigenvalue weighted by atomic mass is 9.91. The standard InChI is InChI=1S/C26H32N2O3/c1-19(2)27-24(29)21-8-10-23(11-9-21)31-18-20-12-16-28(17-13-20)25(30)26(14-15-26)22-6-4-3-5-7-22/h3-11,19-20H,12-18H2,1-2H3,(H,27,29). The van der Waals surface area contributed by atoms with Gasteiger partial charge in [-0.2, -0.15) is 0 Å². The zero-order chi connectivity index (χ0) is 21.8. The molecule has 4 rings (SSSR count). The average molecular weight is 421 g/mol. The second-order valence-electron chi connectivity index (χ2n) is 9.15. The van der Waals surface area contributed by atoms with Crippen molar-refractivity contribution in [3.05, 3.63) is 65.7 Å². The summed E-state index contributed by atoms with van der Waals surface area (Å²) in [5.74, 6) is 1.45. The highest BCUT2D eigenvalue weighted by atomic mass is 16.5. The van der Waals surface area contributed by atoms with Crippen LogP contribution in [-0.4, -0.2) is 42.5 Å². The maximum Gasteiger partial charge on any atom is 0.251 e. The first-order valence-electron chi connectivity index (χ1n) is 11.4. The molecule has 2 fully saturated rings. The molecule has 1 heterocycles. The van der Waals surface area contributed by atoms with Gasteiger partial charge < -0.3 is 15.0 Å². The maximum absolute atomic E-state index is 13.2. The van der Waals surface area contributed by atoms with E-state index in [4.69, 9.17) is 4.74 Å². The van der Waals surface area contributed by atoms with E-state index in [1.54, 1.807) is 12.1 Å². The van der Waals surface area contributed by atoms with E-state index in [0.29, 0.717) is 24.0 Å². The molecule has 164 valence electrons. The number of hydrogen-bond acceptors (Lipinski definition) is 3. The second kappa shape index (κ2) is 9.13. The fourth-order valence-corrected chi connectivity index (χ4v) is 4.38. The third-order valence-corrected chi connectivity index (χ3v) is 6.41. The fourth-order valence-electron chi connectivity index (χ4n) is 4.38. The van der Waals surface area contributed by atoms with E-state index in [1.165, 1.54) is 0 Å². The van der Waals surface area contributed by atoms with Gasteiger partial charge in [-0.1, -0.05) is 30.3 Å². The van der Waals surface area contributed by atoms with Crippen LogP contribution >= 0.6 is 0 Å². The second-order valence-corrected chi connectivity index (χ2v) is 9.15. The number of hydrogen-bond donors (Lipinski definition) is 1. The first-order valence-corrected chi connectivity index (χ1v) is 11.4. The predicted octanol–water partition coefficient (Wildman–Crippen LogP) is 4.17. The average Bonchev–Trinajstić information content (AvgIpc) is 3.60. The minimum atomic E-state index is -0.270. The lowest BCUT2D eigenvalue weighted by Crippen LogP contribution is -2.44. The maximum atomic E-state index is 13.2. The van der Waals surface area contributed by atoms with Crippen LogP contribution in [-0.2, 0) is 10.2 Å². The molecule has 5 heteroatoms. The number of benzene rings is 2. The van der Waals surface area contributed by atoms with Gasteiger partial charge in [0.2, 0.25) is 5.91 Å². The van der Waals surface area contributed by atoms with E-state index in [0.717, 1.165) is 50.1 Å². The lowest BCUT2D eigenvalue weighted by Gasteiger charge is -2.34. The molecule has 2 amide bonds. The van der Waals surface area contributed by atoms with Crippen LogP contribution in [0.15, 0.2) is 54.6 Å². The van der Waals surface area contributed by atoms with Crippen LogP contribution in [0.1, 0.15) is 55.5 Å². The summed E-state index contributed by atoms with van der Waals surface area (Å²) in [4.78, 5) is 27.3. The molecule has 0 aromatic heterocycles. The summed E-state index contributed by atoms with van der Waals surface area (Å²) in [5, 5.41) is 2.89. The normalized spacial score (nSPS) is 18.0. The van der Waals surface area contributed by atoms with Crippen molar-refractivity contribution < 1.29 is 14.3 Å². The molecule has 1 N–H and O–H groups in total. The number of likely N-dealkylation sites (tertiary alicyclic amines) is 1. The van der Waals surface area contributed by atoms with E-state index in [1.807, 2.05) is 44.2 Å². The van der Waals surface area contributed by atoms with Gasteiger partial charge in [0.25, 0.3) is 5.91 Å². The lowest BCUT2D eigenvalue weighted by molar-refractivity contribution is -0.135. The van der Waals surface area contributed by atoms with Crippen molar-refractivity contribution >= 4 is 11.8 Å². The third kappa shape index (κ3) is 4.92. The number of nitrogens with zero attached hydrogens (tertiary/aromatic N) is 1. The molecule has 31 heavy (non-hydrogen) atoms. The van der Waals surface area contributed by atoms with Gasteiger partial charge in [0.15, 0.2) is 0 Å². The number of nitrogens with one attached hydrogen (secondary N) is 1. The molecule has 2 aromatic rings. The number of carbonyl (C=O) groups is 2. The Morgan fingerprint density at radius 1 is 1.03 bits per heavy atom. The van der Waals surface area contributed by atoms with Gasteiger partial charge in [-0.15, -0.1) is 0 Å². The molecule has 5 nitrogen and oxygen atoms in total. The molecule has 0 unspecified atom stereocenters. The highest BCUT2D eigenvalue weighted by molar-refractivity contribution is 5.94. The van der Waals surface area contributed by atoms with Crippen LogP contribution in [0.3, 0.4) is 0 Å². The number of piperidine rings is 1. The summed E-state index contributed by atoms with van der Waals surface area (Å²) in [6, 6.07) is 17.6. The van der Waals surface area contributed by atoms with Gasteiger partial charge in [-0.3, -0.25) is 9.59 Å². The van der Waals surface area contributed by atoms with Crippen molar-refractivity contribution in [2.45, 2.75) is 51.0 Å². The Labute approximate surface area is 184 Å². The zero-order valence-electron chi connectivity index (χ0n) is 18.5. The number of amides is 2. The molecule has 0 bridgehead atoms. The van der Waals surface area contributed by atoms with E-state index in [2.05, 4.69) is 22.3 Å². The first-order chi connectivity index (χ1) is 15.0. The van der Waals surface area contributed by atoms with E-state index in [-0.39, 0.29) is 17.4 Å². The Hall–Kier alpha value is -2.82. The van der Waals surface area contributed by atoms with Crippen LogP contribution < -0.4 is 10.1 Å². The molecular formula is C26H32N2O3. The zero-order valence-corrected chi connectivity index (χ0v) is 18.5. The van der Waals surface area contributed by atoms with Gasteiger partial charge >= 0.3 is 0 Å². The Bertz CT molecular complexity index is 896. The summed E-state index contributed by atoms with van der Waals surface area (Å²) in [7, 11) is 0. The molecule has 1 saturated carbocycles. The molecule has 2 aliphatic rings. The van der Waals surface area contributed by atoms with Gasteiger partial charge in [0, 0.05) is 24.7 Å². The van der Waals surface area contributed by atoms with E-state index in [9.17, 15) is 9.59 Å². The number of ether oxygens (including phenoxy) is 1. The molecule has 2 aromatic carbocycles. The summed E-state index contributed by atoms with van der Waals surface area (Å²) in [5.41, 5.74) is 1.53. The van der Waals surface area contributed by atoms with Crippen molar-refractivity contribution in [1.29, 1.82) is 0 Å². The highest BCUT2D eigenvalue weighted by Gasteiger charge is 2.53. The fraction of sp³-hybridized carbons (Fsp3) is 0.462. The highest BCUT2D eigenvalue weighted by Crippen LogP contribution is 2.49. The van der Waals surface area contributed by atoms with Crippen LogP contribution in [0.25, 0.3) is 0 Å². The summed E-state index contributed by atoms with van der Waals surface area (Å²) in [6.07, 6.45) is 3.85. The Kier molecular flexibility index (Phi) is 6.30.